The molecule has 0 spiro atoms. The van der Waals surface area contributed by atoms with Gasteiger partial charge in [-0.3, -0.25) is 4.79 Å². The summed E-state index contributed by atoms with van der Waals surface area (Å²) in [7, 11) is -7.92. The summed E-state index contributed by atoms with van der Waals surface area (Å²) in [6, 6.07) is 18.9. The third-order valence-electron chi connectivity index (χ3n) is 10.6. The average Bonchev–Trinajstić information content (AvgIpc) is 4.04. The summed E-state index contributed by atoms with van der Waals surface area (Å²) in [5.74, 6) is 0.926. The number of hydrogen-bond donors (Lipinski definition) is 3. The van der Waals surface area contributed by atoms with E-state index in [0.717, 1.165) is 58.3 Å². The van der Waals surface area contributed by atoms with Gasteiger partial charge in [0, 0.05) is 53.6 Å². The molecule has 0 aromatic carbocycles. The van der Waals surface area contributed by atoms with Crippen molar-refractivity contribution in [2.75, 3.05) is 49.2 Å². The summed E-state index contributed by atoms with van der Waals surface area (Å²) in [5, 5.41) is 22.0. The summed E-state index contributed by atoms with van der Waals surface area (Å²) in [5.41, 5.74) is -0.121. The van der Waals surface area contributed by atoms with Crippen molar-refractivity contribution >= 4 is 66.8 Å². The zero-order chi connectivity index (χ0) is 53.1. The second-order valence-electron chi connectivity index (χ2n) is 19.5. The van der Waals surface area contributed by atoms with E-state index in [4.69, 9.17) is 42.9 Å². The Labute approximate surface area is 438 Å². The van der Waals surface area contributed by atoms with Crippen LogP contribution in [0.25, 0.3) is 11.6 Å². The Hall–Kier alpha value is -6.40. The third-order valence-corrected chi connectivity index (χ3v) is 13.2. The summed E-state index contributed by atoms with van der Waals surface area (Å²) in [4.78, 5) is 44.4. The number of pyridine rings is 4. The first-order chi connectivity index (χ1) is 34.3. The molecule has 1 amide bonds. The van der Waals surface area contributed by atoms with E-state index in [1.165, 1.54) is 52.2 Å². The molecule has 2 aliphatic heterocycles. The topological polar surface area (TPSA) is 273 Å². The molecule has 6 aromatic rings. The van der Waals surface area contributed by atoms with E-state index in [2.05, 4.69) is 76.6 Å². The number of aromatic carboxylic acids is 1. The predicted molar refractivity (Wildman–Crippen MR) is 280 cm³/mol. The van der Waals surface area contributed by atoms with Crippen LogP contribution in [-0.2, 0) is 20.0 Å². The Bertz CT molecular complexity index is 3110. The lowest BCUT2D eigenvalue weighted by molar-refractivity contribution is 0.0696. The molecule has 0 aliphatic carbocycles. The van der Waals surface area contributed by atoms with Gasteiger partial charge in [-0.25, -0.2) is 52.4 Å². The number of carbonyl (C=O) groups is 2. The van der Waals surface area contributed by atoms with E-state index in [9.17, 15) is 26.4 Å². The molecule has 0 radical (unpaired) electrons. The first-order valence-corrected chi connectivity index (χ1v) is 27.1. The van der Waals surface area contributed by atoms with Crippen molar-refractivity contribution in [2.24, 2.45) is 16.0 Å². The van der Waals surface area contributed by atoms with E-state index < -0.39 is 31.9 Å². The Morgan fingerprint density at radius 1 is 0.616 bits per heavy atom. The van der Waals surface area contributed by atoms with Crippen LogP contribution in [0.4, 0.5) is 11.6 Å². The minimum atomic E-state index is -4.22. The molecule has 2 aliphatic rings. The van der Waals surface area contributed by atoms with Gasteiger partial charge in [-0.05, 0) is 97.9 Å². The van der Waals surface area contributed by atoms with E-state index in [1.54, 1.807) is 42.7 Å². The van der Waals surface area contributed by atoms with Crippen LogP contribution in [0.15, 0.2) is 95.2 Å². The average molecular weight is 1090 g/mol. The first kappa shape index (κ1) is 55.9. The number of sulfonamides is 2. The minimum Gasteiger partial charge on any atom is -0.478 e. The lowest BCUT2D eigenvalue weighted by Gasteiger charge is -2.27. The van der Waals surface area contributed by atoms with E-state index in [1.807, 2.05) is 15.7 Å². The van der Waals surface area contributed by atoms with Gasteiger partial charge in [-0.2, -0.15) is 8.42 Å². The number of halogens is 2. The fraction of sp³-hybridized carbons (Fsp3) is 0.417. The number of anilines is 2. The Morgan fingerprint density at radius 2 is 1.04 bits per heavy atom. The number of amides is 1. The van der Waals surface area contributed by atoms with Crippen LogP contribution in [0.5, 0.6) is 11.8 Å². The molecular formula is C48H64Cl2N12O9S2. The van der Waals surface area contributed by atoms with Gasteiger partial charge >= 0.3 is 5.97 Å². The second-order valence-corrected chi connectivity index (χ2v) is 23.3. The van der Waals surface area contributed by atoms with Gasteiger partial charge < -0.3 is 24.4 Å². The molecule has 0 unspecified atom stereocenters. The molecule has 6 aromatic heterocycles. The molecule has 0 saturated carbocycles. The number of ether oxygens (including phenoxy) is 2. The summed E-state index contributed by atoms with van der Waals surface area (Å²) in [6.45, 7) is 16.9. The first-order valence-electron chi connectivity index (χ1n) is 23.3. The fourth-order valence-corrected chi connectivity index (χ4v) is 8.87. The molecule has 396 valence electrons. The number of hydrogen-bond acceptors (Lipinski definition) is 16. The normalized spacial score (nSPS) is 14.3. The van der Waals surface area contributed by atoms with Gasteiger partial charge in [0.15, 0.2) is 21.7 Å². The van der Waals surface area contributed by atoms with Gasteiger partial charge in [0.25, 0.3) is 26.0 Å². The maximum Gasteiger partial charge on any atom is 0.338 e. The molecular weight excluding hydrogens is 1020 g/mol. The van der Waals surface area contributed by atoms with Crippen molar-refractivity contribution in [1.29, 1.82) is 0 Å². The zero-order valence-electron chi connectivity index (χ0n) is 41.4. The number of carboxylic acid groups (broad SMARTS) is 1. The Kier molecular flexibility index (Phi) is 18.4. The number of piperidine rings is 2. The lowest BCUT2D eigenvalue weighted by atomic mass is 9.99. The smallest absolute Gasteiger partial charge is 0.338 e. The SMILES string of the molecule is CC(C)(C)COc1ccn(-c2ccc(C(=O)NS(=O)(=O)c3cccc(N4CCCCC4)n3)c(Cl)n2)n1.CC(C)(C)COc1ccn(-c2ccc(C(=O)O)c(Cl)n2)n1.NS(=O)(=O)c1cccc(N2CCCCC2)n1.[HH].[HH]. The van der Waals surface area contributed by atoms with E-state index in [-0.39, 0.29) is 45.2 Å². The number of aromatic nitrogens is 8. The molecule has 73 heavy (non-hydrogen) atoms. The lowest BCUT2D eigenvalue weighted by Crippen LogP contribution is -2.33. The van der Waals surface area contributed by atoms with Crippen LogP contribution in [0.2, 0.25) is 10.3 Å². The van der Waals surface area contributed by atoms with Gasteiger partial charge in [-0.15, -0.1) is 10.2 Å². The zero-order valence-corrected chi connectivity index (χ0v) is 44.5. The number of nitrogens with one attached hydrogen (secondary N) is 1. The summed E-state index contributed by atoms with van der Waals surface area (Å²) < 4.78 is 64.3. The number of nitrogens with zero attached hydrogens (tertiary/aromatic N) is 10. The van der Waals surface area contributed by atoms with Crippen molar-refractivity contribution < 1.29 is 43.9 Å². The van der Waals surface area contributed by atoms with Crippen molar-refractivity contribution in [3.63, 3.8) is 0 Å². The molecule has 2 fully saturated rings. The van der Waals surface area contributed by atoms with Crippen molar-refractivity contribution in [3.8, 4) is 23.4 Å². The molecule has 21 nitrogen and oxygen atoms in total. The maximum atomic E-state index is 12.9. The van der Waals surface area contributed by atoms with E-state index >= 15 is 0 Å². The van der Waals surface area contributed by atoms with E-state index in [0.29, 0.717) is 48.2 Å². The fourth-order valence-electron chi connectivity index (χ4n) is 6.98. The maximum absolute atomic E-state index is 12.9. The Balaban J connectivity index is 0.000000265. The van der Waals surface area contributed by atoms with Crippen LogP contribution in [0.3, 0.4) is 0 Å². The molecule has 0 bridgehead atoms. The third kappa shape index (κ3) is 16.6. The van der Waals surface area contributed by atoms with Gasteiger partial charge in [0.05, 0.1) is 24.3 Å². The number of primary sulfonamides is 1. The van der Waals surface area contributed by atoms with Crippen molar-refractivity contribution in [2.45, 2.75) is 90.1 Å². The highest BCUT2D eigenvalue weighted by atomic mass is 35.5. The molecule has 25 heteroatoms. The van der Waals surface area contributed by atoms with Crippen LogP contribution >= 0.6 is 23.2 Å². The predicted octanol–water partition coefficient (Wildman–Crippen LogP) is 8.10. The number of carboxylic acids is 1. The van der Waals surface area contributed by atoms with Crippen molar-refractivity contribution in [3.05, 3.63) is 107 Å². The van der Waals surface area contributed by atoms with Crippen LogP contribution in [-0.4, -0.2) is 113 Å². The standard InChI is InChI=1S/C24H29ClN6O4S.C14H16ClN3O3.C10H15N3O2S.2H2/c1-24(2,3)16-35-20-12-15-31(28-20)19-11-10-17(22(25)27-19)23(32)29-36(33,34)21-9-7-8-18(26-21)30-13-5-4-6-14-30;1-14(2,3)8-21-11-6-7-18(17-11)10-5-4-9(13(19)20)12(15)16-10;11-16(14,15)10-6-4-5-9(12-10)13-7-2-1-3-8-13;;/h7-12,15H,4-6,13-14,16H2,1-3H3,(H,29,32);4-7H,8H2,1-3H3,(H,19,20);4-6H,1-3,7-8H2,(H2,11,14,15);2*1H. The monoisotopic (exact) mass is 1090 g/mol. The van der Waals surface area contributed by atoms with Gasteiger partial charge in [0.2, 0.25) is 11.8 Å². The quantitative estimate of drug-likeness (QED) is 0.0921. The summed E-state index contributed by atoms with van der Waals surface area (Å²) >= 11 is 12.1. The van der Waals surface area contributed by atoms with Crippen LogP contribution < -0.4 is 29.1 Å². The molecule has 8 heterocycles. The van der Waals surface area contributed by atoms with Crippen LogP contribution in [0, 0.1) is 10.8 Å². The van der Waals surface area contributed by atoms with Crippen LogP contribution in [0.1, 0.15) is 104 Å². The molecule has 4 N–H and O–H groups in total. The minimum absolute atomic E-state index is 0. The molecule has 8 rings (SSSR count). The molecule has 2 saturated heterocycles. The number of rotatable bonds is 13. The highest BCUT2D eigenvalue weighted by Gasteiger charge is 2.25. The number of nitrogens with two attached hydrogens (primary N) is 1. The van der Waals surface area contributed by atoms with Gasteiger partial charge in [-0.1, -0.05) is 76.9 Å². The van der Waals surface area contributed by atoms with Gasteiger partial charge in [0.1, 0.15) is 21.9 Å². The largest absolute Gasteiger partial charge is 0.478 e. The Morgan fingerprint density at radius 3 is 1.45 bits per heavy atom. The summed E-state index contributed by atoms with van der Waals surface area (Å²) in [6.07, 6.45) is 10.0. The highest BCUT2D eigenvalue weighted by molar-refractivity contribution is 7.90. The highest BCUT2D eigenvalue weighted by Crippen LogP contribution is 2.24. The molecule has 0 atom stereocenters. The number of carbonyl (C=O) groups excluding carboxylic acids is 1. The van der Waals surface area contributed by atoms with Crippen molar-refractivity contribution in [1.82, 2.24) is 44.2 Å². The second kappa shape index (κ2) is 24.1.